The number of aliphatic imine (C=N–C) groups is 1. The molecule has 29 heavy (non-hydrogen) atoms. The summed E-state index contributed by atoms with van der Waals surface area (Å²) in [6, 6.07) is 6.02. The summed E-state index contributed by atoms with van der Waals surface area (Å²) in [6.45, 7) is 5.77. The van der Waals surface area contributed by atoms with Crippen LogP contribution in [0, 0.1) is 5.92 Å². The molecule has 0 aliphatic heterocycles. The van der Waals surface area contributed by atoms with Gasteiger partial charge >= 0.3 is 0 Å². The topological polar surface area (TPSA) is 64.1 Å². The molecule has 164 valence electrons. The maximum atomic E-state index is 6.31. The van der Waals surface area contributed by atoms with Gasteiger partial charge in [-0.15, -0.1) is 24.0 Å². The smallest absolute Gasteiger partial charge is 0.191 e. The maximum absolute atomic E-state index is 6.31. The number of hydrogen-bond acceptors (Lipinski definition) is 4. The molecular formula is C22H36IN3O3. The molecule has 3 rings (SSSR count). The fourth-order valence-corrected chi connectivity index (χ4v) is 3.44. The van der Waals surface area contributed by atoms with Crippen molar-refractivity contribution in [2.24, 2.45) is 10.9 Å². The van der Waals surface area contributed by atoms with Crippen LogP contribution in [0.3, 0.4) is 0 Å². The molecule has 1 aromatic carbocycles. The van der Waals surface area contributed by atoms with E-state index in [1.807, 2.05) is 12.1 Å². The summed E-state index contributed by atoms with van der Waals surface area (Å²) in [4.78, 5) is 4.74. The molecule has 2 saturated carbocycles. The van der Waals surface area contributed by atoms with Crippen LogP contribution in [0.25, 0.3) is 0 Å². The summed E-state index contributed by atoms with van der Waals surface area (Å²) in [5, 5.41) is 6.65. The average Bonchev–Trinajstić information content (AvgIpc) is 3.39. The minimum Gasteiger partial charge on any atom is -0.493 e. The fraction of sp³-hybridized carbons (Fsp3) is 0.682. The van der Waals surface area contributed by atoms with E-state index < -0.39 is 0 Å². The van der Waals surface area contributed by atoms with E-state index in [0.717, 1.165) is 61.5 Å². The Morgan fingerprint density at radius 1 is 1.14 bits per heavy atom. The highest BCUT2D eigenvalue weighted by molar-refractivity contribution is 14.0. The number of nitrogens with one attached hydrogen (secondary N) is 2. The number of benzene rings is 1. The predicted molar refractivity (Wildman–Crippen MR) is 128 cm³/mol. The van der Waals surface area contributed by atoms with Gasteiger partial charge in [0, 0.05) is 25.3 Å². The van der Waals surface area contributed by atoms with Crippen LogP contribution in [-0.2, 0) is 11.3 Å². The van der Waals surface area contributed by atoms with Crippen LogP contribution in [0.2, 0.25) is 0 Å². The van der Waals surface area contributed by atoms with Gasteiger partial charge in [-0.3, -0.25) is 0 Å². The van der Waals surface area contributed by atoms with E-state index in [1.54, 1.807) is 7.11 Å². The van der Waals surface area contributed by atoms with Crippen molar-refractivity contribution >= 4 is 29.9 Å². The average molecular weight is 517 g/mol. The SMILES string of the molecule is CCNC(=NCc1cccc(OC)c1OC1CCCC1)NCCOCC1CC1.I. The molecular weight excluding hydrogens is 481 g/mol. The summed E-state index contributed by atoms with van der Waals surface area (Å²) < 4.78 is 17.5. The Morgan fingerprint density at radius 3 is 2.62 bits per heavy atom. The standard InChI is InChI=1S/C22H35N3O3.HI/c1-3-23-22(24-13-14-27-16-17-11-12-17)25-15-18-7-6-10-20(26-2)21(18)28-19-8-4-5-9-19;/h6-7,10,17,19H,3-5,8-9,11-16H2,1-2H3,(H2,23,24,25);1H. The zero-order chi connectivity index (χ0) is 19.6. The van der Waals surface area contributed by atoms with E-state index in [1.165, 1.54) is 25.7 Å². The Labute approximate surface area is 192 Å². The highest BCUT2D eigenvalue weighted by Crippen LogP contribution is 2.35. The third-order valence-corrected chi connectivity index (χ3v) is 5.21. The molecule has 0 saturated heterocycles. The molecule has 2 aliphatic carbocycles. The van der Waals surface area contributed by atoms with Crippen molar-refractivity contribution in [3.05, 3.63) is 23.8 Å². The summed E-state index contributed by atoms with van der Waals surface area (Å²) >= 11 is 0. The number of hydrogen-bond donors (Lipinski definition) is 2. The Kier molecular flexibility index (Phi) is 10.9. The van der Waals surface area contributed by atoms with Crippen molar-refractivity contribution in [1.82, 2.24) is 10.6 Å². The third-order valence-electron chi connectivity index (χ3n) is 5.21. The molecule has 0 bridgehead atoms. The first-order chi connectivity index (χ1) is 13.8. The molecule has 6 nitrogen and oxygen atoms in total. The van der Waals surface area contributed by atoms with Gasteiger partial charge in [-0.05, 0) is 57.4 Å². The lowest BCUT2D eigenvalue weighted by Crippen LogP contribution is -2.39. The molecule has 2 aliphatic rings. The van der Waals surface area contributed by atoms with Gasteiger partial charge in [0.15, 0.2) is 17.5 Å². The molecule has 0 amide bonds. The van der Waals surface area contributed by atoms with Crippen molar-refractivity contribution in [2.45, 2.75) is 58.1 Å². The van der Waals surface area contributed by atoms with Gasteiger partial charge < -0.3 is 24.8 Å². The number of guanidine groups is 1. The Morgan fingerprint density at radius 2 is 1.93 bits per heavy atom. The largest absolute Gasteiger partial charge is 0.493 e. The monoisotopic (exact) mass is 517 g/mol. The van der Waals surface area contributed by atoms with Crippen molar-refractivity contribution in [1.29, 1.82) is 0 Å². The second kappa shape index (κ2) is 13.2. The van der Waals surface area contributed by atoms with E-state index in [4.69, 9.17) is 19.2 Å². The van der Waals surface area contributed by atoms with Crippen molar-refractivity contribution in [2.75, 3.05) is 33.4 Å². The lowest BCUT2D eigenvalue weighted by Gasteiger charge is -2.19. The van der Waals surface area contributed by atoms with E-state index in [0.29, 0.717) is 13.2 Å². The number of nitrogens with zero attached hydrogens (tertiary/aromatic N) is 1. The van der Waals surface area contributed by atoms with Crippen LogP contribution in [0.15, 0.2) is 23.2 Å². The highest BCUT2D eigenvalue weighted by Gasteiger charge is 2.21. The van der Waals surface area contributed by atoms with Crippen molar-refractivity contribution < 1.29 is 14.2 Å². The molecule has 1 aromatic rings. The lowest BCUT2D eigenvalue weighted by atomic mass is 10.1. The molecule has 0 aromatic heterocycles. The van der Waals surface area contributed by atoms with Gasteiger partial charge in [-0.2, -0.15) is 0 Å². The first kappa shape index (κ1) is 24.1. The summed E-state index contributed by atoms with van der Waals surface area (Å²) in [6.07, 6.45) is 7.65. The second-order valence-electron chi connectivity index (χ2n) is 7.61. The first-order valence-electron chi connectivity index (χ1n) is 10.7. The Hall–Kier alpha value is -1.22. The quantitative estimate of drug-likeness (QED) is 0.200. The predicted octanol–water partition coefficient (Wildman–Crippen LogP) is 4.12. The molecule has 7 heteroatoms. The van der Waals surface area contributed by atoms with Crippen LogP contribution in [-0.4, -0.2) is 45.5 Å². The Bertz CT molecular complexity index is 632. The van der Waals surface area contributed by atoms with Gasteiger partial charge in [0.05, 0.1) is 26.4 Å². The molecule has 2 fully saturated rings. The fourth-order valence-electron chi connectivity index (χ4n) is 3.44. The van der Waals surface area contributed by atoms with Crippen LogP contribution in [0.5, 0.6) is 11.5 Å². The molecule has 0 spiro atoms. The van der Waals surface area contributed by atoms with Crippen LogP contribution < -0.4 is 20.1 Å². The molecule has 0 unspecified atom stereocenters. The summed E-state index contributed by atoms with van der Waals surface area (Å²) in [7, 11) is 1.69. The molecule has 0 atom stereocenters. The minimum absolute atomic E-state index is 0. The number of halogens is 1. The number of rotatable bonds is 11. The normalized spacial score (nSPS) is 17.0. The van der Waals surface area contributed by atoms with Crippen LogP contribution in [0.4, 0.5) is 0 Å². The third kappa shape index (κ3) is 8.20. The van der Waals surface area contributed by atoms with Gasteiger partial charge in [0.2, 0.25) is 0 Å². The zero-order valence-electron chi connectivity index (χ0n) is 17.7. The van der Waals surface area contributed by atoms with E-state index in [-0.39, 0.29) is 30.1 Å². The molecule has 0 heterocycles. The summed E-state index contributed by atoms with van der Waals surface area (Å²) in [5.74, 6) is 3.22. The maximum Gasteiger partial charge on any atom is 0.191 e. The van der Waals surface area contributed by atoms with Crippen molar-refractivity contribution in [3.63, 3.8) is 0 Å². The Balaban J connectivity index is 0.00000300. The van der Waals surface area contributed by atoms with Gasteiger partial charge in [0.1, 0.15) is 0 Å². The first-order valence-corrected chi connectivity index (χ1v) is 10.7. The molecule has 0 radical (unpaired) electrons. The lowest BCUT2D eigenvalue weighted by molar-refractivity contribution is 0.129. The number of para-hydroxylation sites is 1. The summed E-state index contributed by atoms with van der Waals surface area (Å²) in [5.41, 5.74) is 1.05. The molecule has 2 N–H and O–H groups in total. The number of methoxy groups -OCH3 is 1. The number of ether oxygens (including phenoxy) is 3. The van der Waals surface area contributed by atoms with Gasteiger partial charge in [0.25, 0.3) is 0 Å². The van der Waals surface area contributed by atoms with Gasteiger partial charge in [-0.1, -0.05) is 12.1 Å². The van der Waals surface area contributed by atoms with Gasteiger partial charge in [-0.25, -0.2) is 4.99 Å². The zero-order valence-corrected chi connectivity index (χ0v) is 20.1. The van der Waals surface area contributed by atoms with Crippen LogP contribution >= 0.6 is 24.0 Å². The van der Waals surface area contributed by atoms with Crippen molar-refractivity contribution in [3.8, 4) is 11.5 Å². The van der Waals surface area contributed by atoms with E-state index >= 15 is 0 Å². The second-order valence-corrected chi connectivity index (χ2v) is 7.61. The van der Waals surface area contributed by atoms with E-state index in [9.17, 15) is 0 Å². The highest BCUT2D eigenvalue weighted by atomic mass is 127. The minimum atomic E-state index is 0. The van der Waals surface area contributed by atoms with E-state index in [2.05, 4.69) is 23.6 Å². The van der Waals surface area contributed by atoms with Crippen LogP contribution in [0.1, 0.15) is 51.0 Å².